The van der Waals surface area contributed by atoms with Crippen molar-refractivity contribution in [3.05, 3.63) is 70.3 Å². The summed E-state index contributed by atoms with van der Waals surface area (Å²) in [5.41, 5.74) is 1.52. The van der Waals surface area contributed by atoms with Gasteiger partial charge in [0.2, 0.25) is 0 Å². The minimum atomic E-state index is -0.548. The largest absolute Gasteiger partial charge is 0.486 e. The van der Waals surface area contributed by atoms with Crippen molar-refractivity contribution in [2.45, 2.75) is 39.4 Å². The number of halogens is 3. The quantitative estimate of drug-likeness (QED) is 0.572. The van der Waals surface area contributed by atoms with Gasteiger partial charge >= 0.3 is 6.09 Å². The van der Waals surface area contributed by atoms with Gasteiger partial charge < -0.3 is 14.4 Å². The van der Waals surface area contributed by atoms with E-state index in [0.717, 1.165) is 11.1 Å². The van der Waals surface area contributed by atoms with Gasteiger partial charge in [0.15, 0.2) is 11.6 Å². The minimum absolute atomic E-state index is 0.0392. The smallest absolute Gasteiger partial charge is 0.410 e. The van der Waals surface area contributed by atoms with Crippen LogP contribution in [0, 0.1) is 11.6 Å². The lowest BCUT2D eigenvalue weighted by Crippen LogP contribution is -2.39. The topological polar surface area (TPSA) is 38.8 Å². The third kappa shape index (κ3) is 5.72. The van der Waals surface area contributed by atoms with Crippen molar-refractivity contribution in [2.75, 3.05) is 13.1 Å². The zero-order chi connectivity index (χ0) is 21.9. The number of hydrogen-bond donors (Lipinski definition) is 0. The van der Waals surface area contributed by atoms with Crippen molar-refractivity contribution in [3.8, 4) is 5.75 Å². The number of carbonyl (C=O) groups is 1. The molecule has 0 spiro atoms. The van der Waals surface area contributed by atoms with Gasteiger partial charge in [-0.25, -0.2) is 13.6 Å². The second-order valence-electron chi connectivity index (χ2n) is 8.08. The molecule has 0 saturated heterocycles. The third-order valence-corrected chi connectivity index (χ3v) is 4.80. The summed E-state index contributed by atoms with van der Waals surface area (Å²) in [4.78, 5) is 13.8. The number of amides is 1. The maximum absolute atomic E-state index is 14.2. The first kappa shape index (κ1) is 22.1. The summed E-state index contributed by atoms with van der Waals surface area (Å²) in [7, 11) is 0. The van der Waals surface area contributed by atoms with Crippen molar-refractivity contribution in [1.82, 2.24) is 4.90 Å². The predicted octanol–water partition coefficient (Wildman–Crippen LogP) is 6.22. The molecule has 1 aliphatic heterocycles. The van der Waals surface area contributed by atoms with E-state index in [1.54, 1.807) is 23.1 Å². The van der Waals surface area contributed by atoms with E-state index in [1.807, 2.05) is 26.8 Å². The molecule has 2 aromatic carbocycles. The van der Waals surface area contributed by atoms with E-state index >= 15 is 0 Å². The van der Waals surface area contributed by atoms with Gasteiger partial charge in [-0.15, -0.1) is 0 Å². The zero-order valence-electron chi connectivity index (χ0n) is 17.2. The van der Waals surface area contributed by atoms with Crippen LogP contribution in [0.3, 0.4) is 0 Å². The summed E-state index contributed by atoms with van der Waals surface area (Å²) in [6.07, 6.45) is 2.17. The van der Waals surface area contributed by atoms with Crippen LogP contribution in [0.25, 0.3) is 5.57 Å². The van der Waals surface area contributed by atoms with E-state index < -0.39 is 17.2 Å². The molecule has 1 heterocycles. The second-order valence-corrected chi connectivity index (χ2v) is 8.51. The first-order chi connectivity index (χ1) is 14.1. The highest BCUT2D eigenvalue weighted by molar-refractivity contribution is 6.30. The molecule has 1 aliphatic rings. The van der Waals surface area contributed by atoms with Crippen LogP contribution in [0.4, 0.5) is 13.6 Å². The Balaban J connectivity index is 1.68. The third-order valence-electron chi connectivity index (χ3n) is 4.56. The summed E-state index contributed by atoms with van der Waals surface area (Å²) in [6.45, 7) is 6.27. The Morgan fingerprint density at radius 3 is 2.53 bits per heavy atom. The van der Waals surface area contributed by atoms with E-state index in [4.69, 9.17) is 21.1 Å². The van der Waals surface area contributed by atoms with Gasteiger partial charge in [-0.1, -0.05) is 29.8 Å². The van der Waals surface area contributed by atoms with Gasteiger partial charge in [0.1, 0.15) is 18.0 Å². The summed E-state index contributed by atoms with van der Waals surface area (Å²) < 4.78 is 39.0. The van der Waals surface area contributed by atoms with Crippen molar-refractivity contribution in [2.24, 2.45) is 0 Å². The lowest BCUT2D eigenvalue weighted by molar-refractivity contribution is 0.0270. The molecule has 0 atom stereocenters. The molecule has 0 radical (unpaired) electrons. The van der Waals surface area contributed by atoms with Crippen molar-refractivity contribution >= 4 is 23.3 Å². The average Bonchev–Trinajstić information content (AvgIpc) is 2.67. The molecular formula is C23H24ClF2NO3. The second kappa shape index (κ2) is 9.04. The maximum atomic E-state index is 14.2. The van der Waals surface area contributed by atoms with Crippen LogP contribution in [0.5, 0.6) is 5.75 Å². The van der Waals surface area contributed by atoms with Crippen molar-refractivity contribution in [3.63, 3.8) is 0 Å². The molecule has 2 aromatic rings. The Morgan fingerprint density at radius 1 is 1.13 bits per heavy atom. The minimum Gasteiger partial charge on any atom is -0.486 e. The number of carbonyl (C=O) groups excluding carboxylic acids is 1. The molecule has 0 saturated carbocycles. The molecule has 1 amide bonds. The van der Waals surface area contributed by atoms with Gasteiger partial charge in [0.05, 0.1) is 0 Å². The molecule has 3 rings (SSSR count). The summed E-state index contributed by atoms with van der Waals surface area (Å²) in [5, 5.41) is 0.286. The summed E-state index contributed by atoms with van der Waals surface area (Å²) in [5.74, 6) is -0.992. The first-order valence-electron chi connectivity index (χ1n) is 9.66. The van der Waals surface area contributed by atoms with Gasteiger partial charge in [-0.2, -0.15) is 0 Å². The summed E-state index contributed by atoms with van der Waals surface area (Å²) >= 11 is 5.75. The Bertz CT molecular complexity index is 969. The van der Waals surface area contributed by atoms with Gasteiger partial charge in [0, 0.05) is 23.7 Å². The average molecular weight is 436 g/mol. The Hall–Kier alpha value is -2.60. The monoisotopic (exact) mass is 435 g/mol. The highest BCUT2D eigenvalue weighted by Crippen LogP contribution is 2.29. The molecule has 0 N–H and O–H groups in total. The molecule has 0 bridgehead atoms. The highest BCUT2D eigenvalue weighted by Gasteiger charge is 2.24. The van der Waals surface area contributed by atoms with Gasteiger partial charge in [-0.05, 0) is 62.6 Å². The van der Waals surface area contributed by atoms with E-state index in [-0.39, 0.29) is 29.0 Å². The number of rotatable bonds is 4. The van der Waals surface area contributed by atoms with Crippen molar-refractivity contribution in [1.29, 1.82) is 0 Å². The molecule has 0 aromatic heterocycles. The fraction of sp³-hybridized carbons (Fsp3) is 0.348. The number of ether oxygens (including phenoxy) is 2. The molecule has 4 nitrogen and oxygen atoms in total. The van der Waals surface area contributed by atoms with Gasteiger partial charge in [-0.3, -0.25) is 0 Å². The van der Waals surface area contributed by atoms with E-state index in [1.165, 1.54) is 18.2 Å². The first-order valence-corrected chi connectivity index (χ1v) is 10.0. The number of nitrogens with zero attached hydrogens (tertiary/aromatic N) is 1. The fourth-order valence-corrected chi connectivity index (χ4v) is 3.19. The van der Waals surface area contributed by atoms with Crippen LogP contribution in [-0.4, -0.2) is 29.7 Å². The zero-order valence-corrected chi connectivity index (χ0v) is 17.9. The van der Waals surface area contributed by atoms with Crippen LogP contribution in [0.15, 0.2) is 42.5 Å². The fourth-order valence-electron chi connectivity index (χ4n) is 3.03. The van der Waals surface area contributed by atoms with Crippen molar-refractivity contribution < 1.29 is 23.0 Å². The molecule has 7 heteroatoms. The van der Waals surface area contributed by atoms with Crippen LogP contribution in [-0.2, 0) is 11.3 Å². The summed E-state index contributed by atoms with van der Waals surface area (Å²) in [6, 6.07) is 8.84. The molecule has 0 unspecified atom stereocenters. The Labute approximate surface area is 180 Å². The molecular weight excluding hydrogens is 412 g/mol. The standard InChI is InChI=1S/C23H24ClF2NO3/c1-23(2,3)30-22(28)27-10-8-15(9-11-27)16-5-7-19(25)21(12-16)29-14-17-4-6-18(24)13-20(17)26/h4-8,12-13H,9-11,14H2,1-3H3. The lowest BCUT2D eigenvalue weighted by Gasteiger charge is -2.29. The van der Waals surface area contributed by atoms with E-state index in [9.17, 15) is 13.6 Å². The SMILES string of the molecule is CC(C)(C)OC(=O)N1CC=C(c2ccc(F)c(OCc3ccc(Cl)cc3F)c2)CC1. The molecule has 0 aliphatic carbocycles. The Kier molecular flexibility index (Phi) is 6.66. The van der Waals surface area contributed by atoms with Crippen LogP contribution < -0.4 is 4.74 Å². The number of benzene rings is 2. The van der Waals surface area contributed by atoms with Crippen LogP contribution in [0.1, 0.15) is 38.3 Å². The molecule has 30 heavy (non-hydrogen) atoms. The highest BCUT2D eigenvalue weighted by atomic mass is 35.5. The molecule has 0 fully saturated rings. The molecule has 160 valence electrons. The lowest BCUT2D eigenvalue weighted by atomic mass is 9.99. The normalized spacial score (nSPS) is 14.3. The van der Waals surface area contributed by atoms with Gasteiger partial charge in [0.25, 0.3) is 0 Å². The van der Waals surface area contributed by atoms with E-state index in [0.29, 0.717) is 19.5 Å². The maximum Gasteiger partial charge on any atom is 0.410 e. The van der Waals surface area contributed by atoms with Crippen LogP contribution >= 0.6 is 11.6 Å². The van der Waals surface area contributed by atoms with Crippen LogP contribution in [0.2, 0.25) is 5.02 Å². The van der Waals surface area contributed by atoms with E-state index in [2.05, 4.69) is 0 Å². The number of hydrogen-bond acceptors (Lipinski definition) is 3. The predicted molar refractivity (Wildman–Crippen MR) is 113 cm³/mol. The Morgan fingerprint density at radius 2 is 1.90 bits per heavy atom.